The Balaban J connectivity index is 2.09. The lowest BCUT2D eigenvalue weighted by molar-refractivity contribution is 0.355. The van der Waals surface area contributed by atoms with E-state index in [0.29, 0.717) is 0 Å². The first-order valence-corrected chi connectivity index (χ1v) is 8.30. The monoisotopic (exact) mass is 324 g/mol. The third-order valence-electron chi connectivity index (χ3n) is 4.37. The fraction of sp³-hybridized carbons (Fsp3) is 0.300. The van der Waals surface area contributed by atoms with E-state index in [0.717, 1.165) is 54.1 Å². The molecule has 0 saturated carbocycles. The maximum Gasteiger partial charge on any atom is 0.161 e. The molecule has 24 heavy (non-hydrogen) atoms. The highest BCUT2D eigenvalue weighted by atomic mass is 16.5. The van der Waals surface area contributed by atoms with Gasteiger partial charge in [0.1, 0.15) is 0 Å². The van der Waals surface area contributed by atoms with Crippen molar-refractivity contribution in [2.75, 3.05) is 20.8 Å². The summed E-state index contributed by atoms with van der Waals surface area (Å²) in [5.74, 6) is 1.48. The second kappa shape index (κ2) is 7.41. The van der Waals surface area contributed by atoms with Crippen LogP contribution in [0.1, 0.15) is 18.4 Å². The van der Waals surface area contributed by atoms with Crippen LogP contribution in [-0.4, -0.2) is 25.7 Å². The van der Waals surface area contributed by atoms with Crippen LogP contribution >= 0.6 is 0 Å². The van der Waals surface area contributed by atoms with Crippen molar-refractivity contribution < 1.29 is 9.47 Å². The molecule has 3 N–H and O–H groups in total. The first-order valence-electron chi connectivity index (χ1n) is 8.30. The number of hydrogen-bond donors (Lipinski definition) is 2. The molecule has 3 aromatic rings. The Morgan fingerprint density at radius 3 is 2.50 bits per heavy atom. The standard InChI is InChI=1S/C20H24N2O2/c1-23-18-11-10-14(13-19(18)24-2)20-16(8-5-6-12-21)15-7-3-4-9-17(15)22-20/h3-4,7,9-11,13,22H,5-6,8,12,21H2,1-2H3. The minimum Gasteiger partial charge on any atom is -0.493 e. The van der Waals surface area contributed by atoms with Gasteiger partial charge in [0.15, 0.2) is 11.5 Å². The molecular formula is C20H24N2O2. The van der Waals surface area contributed by atoms with Crippen LogP contribution in [0.3, 0.4) is 0 Å². The molecule has 0 aliphatic rings. The number of methoxy groups -OCH3 is 2. The van der Waals surface area contributed by atoms with Crippen molar-refractivity contribution in [3.63, 3.8) is 0 Å². The lowest BCUT2D eigenvalue weighted by Crippen LogP contribution is -1.99. The Hall–Kier alpha value is -2.46. The van der Waals surface area contributed by atoms with Gasteiger partial charge in [0.2, 0.25) is 0 Å². The fourth-order valence-electron chi connectivity index (χ4n) is 3.14. The molecule has 126 valence electrons. The smallest absolute Gasteiger partial charge is 0.161 e. The molecule has 0 atom stereocenters. The van der Waals surface area contributed by atoms with Crippen molar-refractivity contribution in [1.29, 1.82) is 0 Å². The van der Waals surface area contributed by atoms with Crippen molar-refractivity contribution in [3.8, 4) is 22.8 Å². The van der Waals surface area contributed by atoms with Gasteiger partial charge >= 0.3 is 0 Å². The quantitative estimate of drug-likeness (QED) is 0.642. The molecule has 0 amide bonds. The number of para-hydroxylation sites is 1. The molecule has 0 bridgehead atoms. The molecule has 0 fully saturated rings. The van der Waals surface area contributed by atoms with E-state index in [1.54, 1.807) is 14.2 Å². The number of aromatic amines is 1. The van der Waals surface area contributed by atoms with Gasteiger partial charge in [-0.05, 0) is 55.6 Å². The summed E-state index contributed by atoms with van der Waals surface area (Å²) >= 11 is 0. The number of ether oxygens (including phenoxy) is 2. The number of hydrogen-bond acceptors (Lipinski definition) is 3. The zero-order valence-electron chi connectivity index (χ0n) is 14.3. The van der Waals surface area contributed by atoms with Crippen molar-refractivity contribution in [2.45, 2.75) is 19.3 Å². The van der Waals surface area contributed by atoms with Gasteiger partial charge in [0, 0.05) is 22.2 Å². The lowest BCUT2D eigenvalue weighted by atomic mass is 10.00. The Labute approximate surface area is 142 Å². The molecule has 0 spiro atoms. The van der Waals surface area contributed by atoms with Crippen LogP contribution in [0.5, 0.6) is 11.5 Å². The minimum atomic E-state index is 0.730. The number of benzene rings is 2. The van der Waals surface area contributed by atoms with Crippen molar-refractivity contribution in [2.24, 2.45) is 5.73 Å². The third-order valence-corrected chi connectivity index (χ3v) is 4.37. The van der Waals surface area contributed by atoms with E-state index in [4.69, 9.17) is 15.2 Å². The molecule has 0 aliphatic heterocycles. The van der Waals surface area contributed by atoms with Crippen LogP contribution in [0.15, 0.2) is 42.5 Å². The molecule has 0 saturated heterocycles. The van der Waals surface area contributed by atoms with Crippen LogP contribution < -0.4 is 15.2 Å². The SMILES string of the molecule is COc1ccc(-c2[nH]c3ccccc3c2CCCCN)cc1OC. The van der Waals surface area contributed by atoms with Gasteiger partial charge in [0.05, 0.1) is 14.2 Å². The van der Waals surface area contributed by atoms with E-state index in [2.05, 4.69) is 35.3 Å². The van der Waals surface area contributed by atoms with Gasteiger partial charge in [-0.15, -0.1) is 0 Å². The number of aryl methyl sites for hydroxylation is 1. The summed E-state index contributed by atoms with van der Waals surface area (Å²) in [4.78, 5) is 3.57. The summed E-state index contributed by atoms with van der Waals surface area (Å²) in [6.07, 6.45) is 3.12. The summed E-state index contributed by atoms with van der Waals surface area (Å²) in [6.45, 7) is 0.730. The predicted molar refractivity (Wildman–Crippen MR) is 98.8 cm³/mol. The zero-order chi connectivity index (χ0) is 16.9. The van der Waals surface area contributed by atoms with Gasteiger partial charge in [-0.2, -0.15) is 0 Å². The van der Waals surface area contributed by atoms with Gasteiger partial charge in [0.25, 0.3) is 0 Å². The van der Waals surface area contributed by atoms with Gasteiger partial charge in [-0.25, -0.2) is 0 Å². The molecule has 0 unspecified atom stereocenters. The first-order chi connectivity index (χ1) is 11.8. The fourth-order valence-corrected chi connectivity index (χ4v) is 3.14. The van der Waals surface area contributed by atoms with Gasteiger partial charge in [-0.3, -0.25) is 0 Å². The lowest BCUT2D eigenvalue weighted by Gasteiger charge is -2.10. The largest absolute Gasteiger partial charge is 0.493 e. The number of aromatic nitrogens is 1. The Bertz CT molecular complexity index is 824. The Kier molecular flexibility index (Phi) is 5.06. The van der Waals surface area contributed by atoms with Crippen molar-refractivity contribution in [3.05, 3.63) is 48.0 Å². The Morgan fingerprint density at radius 2 is 1.75 bits per heavy atom. The average Bonchev–Trinajstić information content (AvgIpc) is 3.00. The van der Waals surface area contributed by atoms with Crippen LogP contribution in [0, 0.1) is 0 Å². The second-order valence-electron chi connectivity index (χ2n) is 5.84. The topological polar surface area (TPSA) is 60.3 Å². The highest BCUT2D eigenvalue weighted by Crippen LogP contribution is 2.36. The van der Waals surface area contributed by atoms with E-state index in [-0.39, 0.29) is 0 Å². The van der Waals surface area contributed by atoms with Gasteiger partial charge in [-0.1, -0.05) is 18.2 Å². The second-order valence-corrected chi connectivity index (χ2v) is 5.84. The van der Waals surface area contributed by atoms with E-state index < -0.39 is 0 Å². The van der Waals surface area contributed by atoms with Crippen LogP contribution in [0.2, 0.25) is 0 Å². The number of nitrogens with one attached hydrogen (secondary N) is 1. The number of rotatable bonds is 7. The molecule has 1 aromatic heterocycles. The summed E-state index contributed by atoms with van der Waals surface area (Å²) in [5, 5.41) is 1.28. The van der Waals surface area contributed by atoms with Crippen molar-refractivity contribution >= 4 is 10.9 Å². The molecule has 4 heteroatoms. The molecule has 0 aliphatic carbocycles. The van der Waals surface area contributed by atoms with Crippen LogP contribution in [0.4, 0.5) is 0 Å². The molecule has 1 heterocycles. The summed E-state index contributed by atoms with van der Waals surface area (Å²) in [6, 6.07) is 14.5. The Morgan fingerprint density at radius 1 is 0.958 bits per heavy atom. The van der Waals surface area contributed by atoms with Crippen LogP contribution in [0.25, 0.3) is 22.2 Å². The van der Waals surface area contributed by atoms with E-state index in [9.17, 15) is 0 Å². The summed E-state index contributed by atoms with van der Waals surface area (Å²) < 4.78 is 10.8. The highest BCUT2D eigenvalue weighted by molar-refractivity contribution is 5.91. The first kappa shape index (κ1) is 16.4. The minimum absolute atomic E-state index is 0.730. The third kappa shape index (κ3) is 3.10. The molecule has 0 radical (unpaired) electrons. The van der Waals surface area contributed by atoms with E-state index >= 15 is 0 Å². The molecule has 4 nitrogen and oxygen atoms in total. The predicted octanol–water partition coefficient (Wildman–Crippen LogP) is 4.13. The number of unbranched alkanes of at least 4 members (excludes halogenated alkanes) is 1. The van der Waals surface area contributed by atoms with Crippen molar-refractivity contribution in [1.82, 2.24) is 4.98 Å². The number of nitrogens with two attached hydrogens (primary N) is 1. The summed E-state index contributed by atoms with van der Waals surface area (Å²) in [7, 11) is 3.31. The molecule has 2 aromatic carbocycles. The summed E-state index contributed by atoms with van der Waals surface area (Å²) in [5.41, 5.74) is 10.4. The maximum atomic E-state index is 5.66. The normalized spacial score (nSPS) is 11.0. The number of fused-ring (bicyclic) bond motifs is 1. The van der Waals surface area contributed by atoms with Gasteiger partial charge < -0.3 is 20.2 Å². The number of H-pyrrole nitrogens is 1. The zero-order valence-corrected chi connectivity index (χ0v) is 14.3. The average molecular weight is 324 g/mol. The van der Waals surface area contributed by atoms with Crippen LogP contribution in [-0.2, 0) is 6.42 Å². The van der Waals surface area contributed by atoms with E-state index in [1.807, 2.05) is 12.1 Å². The maximum absolute atomic E-state index is 5.66. The highest BCUT2D eigenvalue weighted by Gasteiger charge is 2.14. The van der Waals surface area contributed by atoms with E-state index in [1.165, 1.54) is 10.9 Å². The molecule has 3 rings (SSSR count). The molecular weight excluding hydrogens is 300 g/mol.